The summed E-state index contributed by atoms with van der Waals surface area (Å²) >= 11 is 0. The number of carbonyl (C=O) groups is 3. The Hall–Kier alpha value is -3.88. The van der Waals surface area contributed by atoms with Crippen LogP contribution in [-0.2, 0) is 11.8 Å². The molecule has 0 saturated heterocycles. The Balaban J connectivity index is 1.88. The number of nitrogens with zero attached hydrogens (tertiary/aromatic N) is 2. The molecular weight excluding hydrogens is 394 g/mol. The first-order valence-electron chi connectivity index (χ1n) is 8.89. The zero-order chi connectivity index (χ0) is 22.0. The lowest BCUT2D eigenvalue weighted by atomic mass is 10.0. The summed E-state index contributed by atoms with van der Waals surface area (Å²) in [7, 11) is 1.57. The molecule has 2 aromatic heterocycles. The fourth-order valence-corrected chi connectivity index (χ4v) is 3.12. The number of halogens is 2. The summed E-state index contributed by atoms with van der Waals surface area (Å²) in [5.41, 5.74) is 0.950. The number of aromatic nitrogens is 2. The Morgan fingerprint density at radius 3 is 2.37 bits per heavy atom. The van der Waals surface area contributed by atoms with E-state index in [-0.39, 0.29) is 28.3 Å². The Morgan fingerprint density at radius 2 is 1.73 bits per heavy atom. The minimum Gasteiger partial charge on any atom is -0.343 e. The fourth-order valence-electron chi connectivity index (χ4n) is 3.12. The summed E-state index contributed by atoms with van der Waals surface area (Å²) in [5.74, 6) is -4.26. The van der Waals surface area contributed by atoms with Crippen LogP contribution in [0, 0.1) is 25.5 Å². The molecule has 0 fully saturated rings. The fraction of sp³-hybridized carbons (Fsp3) is 0.143. The van der Waals surface area contributed by atoms with Gasteiger partial charge in [-0.05, 0) is 43.7 Å². The highest BCUT2D eigenvalue weighted by Gasteiger charge is 2.28. The number of carbonyl (C=O) groups excluding carboxylic acids is 3. The van der Waals surface area contributed by atoms with E-state index in [0.717, 1.165) is 12.1 Å². The summed E-state index contributed by atoms with van der Waals surface area (Å²) in [4.78, 5) is 41.8. The zero-order valence-corrected chi connectivity index (χ0v) is 16.4. The van der Waals surface area contributed by atoms with Gasteiger partial charge >= 0.3 is 0 Å². The van der Waals surface area contributed by atoms with E-state index in [9.17, 15) is 23.2 Å². The molecule has 0 aliphatic carbocycles. The van der Waals surface area contributed by atoms with Crippen LogP contribution in [0.3, 0.4) is 0 Å². The number of anilines is 2. The first kappa shape index (κ1) is 20.8. The largest absolute Gasteiger partial charge is 0.343 e. The van der Waals surface area contributed by atoms with Gasteiger partial charge in [0, 0.05) is 30.7 Å². The summed E-state index contributed by atoms with van der Waals surface area (Å²) in [5, 5.41) is 4.89. The second-order valence-electron chi connectivity index (χ2n) is 6.57. The number of hydrogen-bond donors (Lipinski definition) is 2. The average molecular weight is 412 g/mol. The van der Waals surface area contributed by atoms with Crippen LogP contribution in [0.5, 0.6) is 0 Å². The van der Waals surface area contributed by atoms with E-state index in [1.807, 2.05) is 0 Å². The van der Waals surface area contributed by atoms with Crippen LogP contribution in [0.4, 0.5) is 20.3 Å². The van der Waals surface area contributed by atoms with Crippen molar-refractivity contribution in [1.82, 2.24) is 9.55 Å². The Kier molecular flexibility index (Phi) is 5.72. The molecule has 0 atom stereocenters. The van der Waals surface area contributed by atoms with Crippen molar-refractivity contribution >= 4 is 29.1 Å². The third kappa shape index (κ3) is 3.95. The smallest absolute Gasteiger partial charge is 0.297 e. The van der Waals surface area contributed by atoms with Gasteiger partial charge in [0.15, 0.2) is 11.6 Å². The van der Waals surface area contributed by atoms with Crippen LogP contribution >= 0.6 is 0 Å². The summed E-state index contributed by atoms with van der Waals surface area (Å²) in [6, 6.07) is 7.83. The number of nitrogens with one attached hydrogen (secondary N) is 2. The van der Waals surface area contributed by atoms with Crippen LogP contribution in [0.15, 0.2) is 42.6 Å². The second kappa shape index (κ2) is 8.24. The van der Waals surface area contributed by atoms with Crippen molar-refractivity contribution in [3.63, 3.8) is 0 Å². The average Bonchev–Trinajstić information content (AvgIpc) is 2.93. The number of ketones is 1. The predicted octanol–water partition coefficient (Wildman–Crippen LogP) is 3.39. The molecule has 2 N–H and O–H groups in total. The quantitative estimate of drug-likeness (QED) is 0.496. The molecule has 30 heavy (non-hydrogen) atoms. The molecule has 0 aliphatic heterocycles. The van der Waals surface area contributed by atoms with Crippen LogP contribution < -0.4 is 10.6 Å². The van der Waals surface area contributed by atoms with Gasteiger partial charge in [0.1, 0.15) is 11.5 Å². The SMILES string of the molecule is Cc1c(C(=O)C(=O)Nc2ccccn2)c(C)n(C)c1C(=O)Nc1ccc(F)c(F)c1. The highest BCUT2D eigenvalue weighted by Crippen LogP contribution is 2.24. The summed E-state index contributed by atoms with van der Waals surface area (Å²) in [6.07, 6.45) is 1.47. The monoisotopic (exact) mass is 412 g/mol. The first-order valence-corrected chi connectivity index (χ1v) is 8.89. The molecular formula is C21H18F2N4O3. The Labute approximate surface area is 170 Å². The molecule has 0 saturated carbocycles. The molecule has 0 aliphatic rings. The molecule has 2 amide bonds. The van der Waals surface area contributed by atoms with E-state index in [4.69, 9.17) is 0 Å². The van der Waals surface area contributed by atoms with E-state index < -0.39 is 29.2 Å². The molecule has 0 spiro atoms. The molecule has 2 heterocycles. The highest BCUT2D eigenvalue weighted by atomic mass is 19.2. The van der Waals surface area contributed by atoms with E-state index in [0.29, 0.717) is 5.69 Å². The summed E-state index contributed by atoms with van der Waals surface area (Å²) < 4.78 is 28.0. The lowest BCUT2D eigenvalue weighted by Crippen LogP contribution is -2.24. The molecule has 3 aromatic rings. The van der Waals surface area contributed by atoms with Gasteiger partial charge in [-0.1, -0.05) is 6.07 Å². The third-order valence-corrected chi connectivity index (χ3v) is 4.66. The second-order valence-corrected chi connectivity index (χ2v) is 6.57. The van der Waals surface area contributed by atoms with Gasteiger partial charge in [0.2, 0.25) is 0 Å². The number of rotatable bonds is 5. The minimum absolute atomic E-state index is 0.0536. The predicted molar refractivity (Wildman–Crippen MR) is 106 cm³/mol. The molecule has 1 aromatic carbocycles. The number of Topliss-reactive ketones (excluding diaryl/α,β-unsaturated/α-hetero) is 1. The number of pyridine rings is 1. The molecule has 0 unspecified atom stereocenters. The van der Waals surface area contributed by atoms with Crippen molar-refractivity contribution in [3.8, 4) is 0 Å². The minimum atomic E-state index is -1.10. The Bertz CT molecular complexity index is 1160. The zero-order valence-electron chi connectivity index (χ0n) is 16.4. The van der Waals surface area contributed by atoms with E-state index in [1.165, 1.54) is 29.8 Å². The van der Waals surface area contributed by atoms with Gasteiger partial charge in [-0.25, -0.2) is 13.8 Å². The maximum Gasteiger partial charge on any atom is 0.297 e. The van der Waals surface area contributed by atoms with Gasteiger partial charge in [0.05, 0.1) is 5.56 Å². The van der Waals surface area contributed by atoms with Crippen LogP contribution in [0.2, 0.25) is 0 Å². The van der Waals surface area contributed by atoms with Crippen molar-refractivity contribution < 1.29 is 23.2 Å². The van der Waals surface area contributed by atoms with Crippen molar-refractivity contribution in [2.45, 2.75) is 13.8 Å². The van der Waals surface area contributed by atoms with E-state index in [2.05, 4.69) is 15.6 Å². The maximum absolute atomic E-state index is 13.4. The number of amides is 2. The summed E-state index contributed by atoms with van der Waals surface area (Å²) in [6.45, 7) is 3.14. The normalized spacial score (nSPS) is 10.6. The number of benzene rings is 1. The standard InChI is InChI=1S/C21H18F2N4O3/c1-11-17(19(28)21(30)26-16-6-4-5-9-24-16)12(2)27(3)18(11)20(29)25-13-7-8-14(22)15(23)10-13/h4-10H,1-3H3,(H,25,29)(H,24,26,30). The van der Waals surface area contributed by atoms with Gasteiger partial charge in [0.25, 0.3) is 17.6 Å². The van der Waals surface area contributed by atoms with Crippen LogP contribution in [0.1, 0.15) is 32.1 Å². The molecule has 7 nitrogen and oxygen atoms in total. The van der Waals surface area contributed by atoms with E-state index >= 15 is 0 Å². The molecule has 0 bridgehead atoms. The maximum atomic E-state index is 13.4. The lowest BCUT2D eigenvalue weighted by molar-refractivity contribution is -0.112. The van der Waals surface area contributed by atoms with Crippen molar-refractivity contribution in [3.05, 3.63) is 76.7 Å². The number of hydrogen-bond acceptors (Lipinski definition) is 4. The van der Waals surface area contributed by atoms with Crippen LogP contribution in [-0.4, -0.2) is 27.1 Å². The highest BCUT2D eigenvalue weighted by molar-refractivity contribution is 6.47. The van der Waals surface area contributed by atoms with Crippen molar-refractivity contribution in [2.24, 2.45) is 7.05 Å². The first-order chi connectivity index (χ1) is 14.2. The molecule has 154 valence electrons. The topological polar surface area (TPSA) is 93.1 Å². The third-order valence-electron chi connectivity index (χ3n) is 4.66. The van der Waals surface area contributed by atoms with Gasteiger partial charge < -0.3 is 15.2 Å². The lowest BCUT2D eigenvalue weighted by Gasteiger charge is -2.08. The molecule has 0 radical (unpaired) electrons. The Morgan fingerprint density at radius 1 is 1.00 bits per heavy atom. The van der Waals surface area contributed by atoms with Gasteiger partial charge in [-0.15, -0.1) is 0 Å². The van der Waals surface area contributed by atoms with E-state index in [1.54, 1.807) is 26.1 Å². The van der Waals surface area contributed by atoms with Crippen molar-refractivity contribution in [1.29, 1.82) is 0 Å². The van der Waals surface area contributed by atoms with Gasteiger partial charge in [-0.2, -0.15) is 0 Å². The van der Waals surface area contributed by atoms with Crippen molar-refractivity contribution in [2.75, 3.05) is 10.6 Å². The van der Waals surface area contributed by atoms with Crippen LogP contribution in [0.25, 0.3) is 0 Å². The molecule has 9 heteroatoms. The van der Waals surface area contributed by atoms with Gasteiger partial charge in [-0.3, -0.25) is 14.4 Å². The molecule has 3 rings (SSSR count).